The average Bonchev–Trinajstić information content (AvgIpc) is 3.26. The molecule has 1 rings (SSSR count). The van der Waals surface area contributed by atoms with E-state index >= 15 is 0 Å². The second-order valence-electron chi connectivity index (χ2n) is 11.6. The molecule has 36 heavy (non-hydrogen) atoms. The Balaban J connectivity index is 2.01. The Morgan fingerprint density at radius 1 is 0.472 bits per heavy atom. The van der Waals surface area contributed by atoms with E-state index in [-0.39, 0.29) is 0 Å². The van der Waals surface area contributed by atoms with Crippen LogP contribution < -0.4 is 4.57 Å². The van der Waals surface area contributed by atoms with Gasteiger partial charge in [-0.15, -0.1) is 0 Å². The lowest BCUT2D eigenvalue weighted by molar-refractivity contribution is -0.703. The quantitative estimate of drug-likeness (QED) is 0.0794. The second-order valence-corrected chi connectivity index (χ2v) is 11.6. The molecule has 1 aromatic heterocycles. The Labute approximate surface area is 228 Å². The minimum Gasteiger partial charge on any atom is -0.234 e. The fourth-order valence-electron chi connectivity index (χ4n) is 5.68. The van der Waals surface area contributed by atoms with E-state index in [1.165, 1.54) is 180 Å². The number of rotatable bonds is 28. The molecule has 2 heteroatoms. The number of unbranched alkanes of at least 4 members (excludes halogenated alkanes) is 22. The summed E-state index contributed by atoms with van der Waals surface area (Å²) < 4.78 is 5.11. The summed E-state index contributed by atoms with van der Waals surface area (Å²) in [4.78, 5) is 0. The lowest BCUT2D eigenvalue weighted by Gasteiger charge is -2.06. The molecular weight excluding hydrogens is 436 g/mol. The lowest BCUT2D eigenvalue weighted by Crippen LogP contribution is -2.37. The summed E-state index contributed by atoms with van der Waals surface area (Å²) in [5, 5.41) is 0. The maximum absolute atomic E-state index is 2.58. The van der Waals surface area contributed by atoms with Gasteiger partial charge in [0, 0.05) is 6.42 Å². The predicted octanol–water partition coefficient (Wildman–Crippen LogP) is 11.1. The van der Waals surface area contributed by atoms with Crippen LogP contribution in [0.3, 0.4) is 0 Å². The van der Waals surface area contributed by atoms with Crippen LogP contribution in [0.1, 0.15) is 187 Å². The summed E-state index contributed by atoms with van der Waals surface area (Å²) in [7, 11) is 0. The van der Waals surface area contributed by atoms with E-state index in [2.05, 4.69) is 42.3 Å². The minimum absolute atomic E-state index is 1.18. The van der Waals surface area contributed by atoms with Gasteiger partial charge >= 0.3 is 0 Å². The van der Waals surface area contributed by atoms with E-state index in [9.17, 15) is 0 Å². The fourth-order valence-corrected chi connectivity index (χ4v) is 5.68. The maximum atomic E-state index is 2.58. The van der Waals surface area contributed by atoms with E-state index in [0.29, 0.717) is 0 Å². The van der Waals surface area contributed by atoms with Crippen molar-refractivity contribution in [3.8, 4) is 0 Å². The van der Waals surface area contributed by atoms with Crippen LogP contribution in [0.25, 0.3) is 0 Å². The van der Waals surface area contributed by atoms with Crippen molar-refractivity contribution >= 4 is 0 Å². The first-order valence-electron chi connectivity index (χ1n) is 16.9. The van der Waals surface area contributed by atoms with Crippen LogP contribution in [0, 0.1) is 0 Å². The van der Waals surface area contributed by atoms with Crippen LogP contribution in [-0.4, -0.2) is 4.57 Å². The molecular formula is C34H67N2+. The number of aromatic nitrogens is 2. The number of nitrogens with zero attached hydrogens (tertiary/aromatic N) is 2. The maximum Gasteiger partial charge on any atom is 0.256 e. The predicted molar refractivity (Wildman–Crippen MR) is 161 cm³/mol. The number of hydrogen-bond donors (Lipinski definition) is 0. The molecule has 1 aromatic rings. The summed E-state index contributed by atoms with van der Waals surface area (Å²) >= 11 is 0. The van der Waals surface area contributed by atoms with Crippen molar-refractivity contribution in [2.24, 2.45) is 0 Å². The topological polar surface area (TPSA) is 8.81 Å². The molecule has 0 aliphatic heterocycles. The zero-order valence-corrected chi connectivity index (χ0v) is 25.3. The summed E-state index contributed by atoms with van der Waals surface area (Å²) in [6.07, 6.45) is 41.7. The normalized spacial score (nSPS) is 11.5. The molecule has 0 saturated heterocycles. The molecule has 0 atom stereocenters. The van der Waals surface area contributed by atoms with Crippen molar-refractivity contribution in [3.63, 3.8) is 0 Å². The molecule has 0 aliphatic rings. The Bertz CT molecular complexity index is 562. The van der Waals surface area contributed by atoms with E-state index in [1.807, 2.05) is 0 Å². The highest BCUT2D eigenvalue weighted by molar-refractivity contribution is 4.84. The van der Waals surface area contributed by atoms with Crippen LogP contribution in [0.15, 0.2) is 12.4 Å². The highest BCUT2D eigenvalue weighted by Gasteiger charge is 2.15. The Kier molecular flexibility index (Phi) is 23.9. The largest absolute Gasteiger partial charge is 0.256 e. The smallest absolute Gasteiger partial charge is 0.234 e. The van der Waals surface area contributed by atoms with E-state index in [0.717, 1.165) is 0 Å². The molecule has 0 N–H and O–H groups in total. The van der Waals surface area contributed by atoms with Gasteiger partial charge in [-0.05, 0) is 25.7 Å². The van der Waals surface area contributed by atoms with Crippen molar-refractivity contribution < 1.29 is 4.57 Å². The monoisotopic (exact) mass is 504 g/mol. The van der Waals surface area contributed by atoms with Gasteiger partial charge in [0.1, 0.15) is 12.4 Å². The standard InChI is InChI=1S/C34H67N2/c1-4-7-9-11-13-14-15-16-17-18-19-20-21-22-24-26-28-31-36-33-32-35(30-6-3)34(36)29-27-25-23-12-10-8-5-2/h32-33H,4-31H2,1-3H3/q+1. The molecule has 0 amide bonds. The second kappa shape index (κ2) is 25.8. The van der Waals surface area contributed by atoms with Gasteiger partial charge in [-0.1, -0.05) is 156 Å². The Morgan fingerprint density at radius 2 is 0.861 bits per heavy atom. The van der Waals surface area contributed by atoms with Crippen LogP contribution in [-0.2, 0) is 19.5 Å². The molecule has 0 saturated carbocycles. The van der Waals surface area contributed by atoms with Gasteiger partial charge in [-0.3, -0.25) is 0 Å². The summed E-state index contributed by atoms with van der Waals surface area (Å²) in [6, 6.07) is 0. The highest BCUT2D eigenvalue weighted by Crippen LogP contribution is 2.15. The average molecular weight is 504 g/mol. The summed E-state index contributed by atoms with van der Waals surface area (Å²) in [5.74, 6) is 1.59. The van der Waals surface area contributed by atoms with Crippen LogP contribution in [0.2, 0.25) is 0 Å². The molecule has 1 heterocycles. The molecule has 0 unspecified atom stereocenters. The highest BCUT2D eigenvalue weighted by atomic mass is 15.1. The van der Waals surface area contributed by atoms with Gasteiger partial charge < -0.3 is 0 Å². The Morgan fingerprint density at radius 3 is 1.28 bits per heavy atom. The number of imidazole rings is 1. The molecule has 212 valence electrons. The molecule has 0 bridgehead atoms. The third-order valence-corrected chi connectivity index (χ3v) is 8.06. The lowest BCUT2D eigenvalue weighted by atomic mass is 10.0. The van der Waals surface area contributed by atoms with Crippen LogP contribution in [0.5, 0.6) is 0 Å². The van der Waals surface area contributed by atoms with E-state index < -0.39 is 0 Å². The summed E-state index contributed by atoms with van der Waals surface area (Å²) in [6.45, 7) is 9.32. The van der Waals surface area contributed by atoms with Crippen molar-refractivity contribution in [1.29, 1.82) is 0 Å². The summed E-state index contributed by atoms with van der Waals surface area (Å²) in [5.41, 5.74) is 0. The first-order chi connectivity index (χ1) is 17.8. The zero-order chi connectivity index (χ0) is 25.9. The van der Waals surface area contributed by atoms with Crippen molar-refractivity contribution in [2.45, 2.75) is 201 Å². The van der Waals surface area contributed by atoms with Gasteiger partial charge in [-0.2, -0.15) is 0 Å². The van der Waals surface area contributed by atoms with Crippen LogP contribution >= 0.6 is 0 Å². The van der Waals surface area contributed by atoms with Gasteiger partial charge in [0.05, 0.1) is 13.1 Å². The van der Waals surface area contributed by atoms with Crippen LogP contribution in [0.4, 0.5) is 0 Å². The third kappa shape index (κ3) is 18.5. The molecule has 2 nitrogen and oxygen atoms in total. The first kappa shape index (κ1) is 33.2. The number of hydrogen-bond acceptors (Lipinski definition) is 0. The van der Waals surface area contributed by atoms with Crippen molar-refractivity contribution in [3.05, 3.63) is 18.2 Å². The molecule has 0 aliphatic carbocycles. The Hall–Kier alpha value is -0.790. The fraction of sp³-hybridized carbons (Fsp3) is 0.912. The zero-order valence-electron chi connectivity index (χ0n) is 25.3. The van der Waals surface area contributed by atoms with E-state index in [4.69, 9.17) is 0 Å². The third-order valence-electron chi connectivity index (χ3n) is 8.06. The molecule has 0 fully saturated rings. The van der Waals surface area contributed by atoms with Crippen molar-refractivity contribution in [2.75, 3.05) is 0 Å². The van der Waals surface area contributed by atoms with E-state index in [1.54, 1.807) is 5.82 Å². The number of aryl methyl sites for hydroxylation is 2. The minimum atomic E-state index is 1.18. The SMILES string of the molecule is CCCCCCCCCCCCCCCCCCCn1cc[n+](CCC)c1CCCCCCCCC. The van der Waals surface area contributed by atoms with Crippen molar-refractivity contribution in [1.82, 2.24) is 4.57 Å². The van der Waals surface area contributed by atoms with Gasteiger partial charge in [0.25, 0.3) is 5.82 Å². The molecule has 0 radical (unpaired) electrons. The molecule has 0 spiro atoms. The van der Waals surface area contributed by atoms with Gasteiger partial charge in [0.2, 0.25) is 0 Å². The van der Waals surface area contributed by atoms with Gasteiger partial charge in [0.15, 0.2) is 0 Å². The van der Waals surface area contributed by atoms with Gasteiger partial charge in [-0.25, -0.2) is 9.13 Å². The first-order valence-corrected chi connectivity index (χ1v) is 16.9. The molecule has 0 aromatic carbocycles.